The van der Waals surface area contributed by atoms with Gasteiger partial charge in [0.05, 0.1) is 0 Å². The van der Waals surface area contributed by atoms with Crippen LogP contribution in [0.1, 0.15) is 20.3 Å². The number of nitrogens with one attached hydrogen (secondary N) is 1. The lowest BCUT2D eigenvalue weighted by Gasteiger charge is -2.05. The van der Waals surface area contributed by atoms with E-state index in [-0.39, 0.29) is 0 Å². The second kappa shape index (κ2) is 22.5. The third-order valence-corrected chi connectivity index (χ3v) is 1.73. The van der Waals surface area contributed by atoms with Gasteiger partial charge in [-0.2, -0.15) is 0 Å². The number of isocyanates is 1. The molecular weight excluding hydrogens is 190 g/mol. The van der Waals surface area contributed by atoms with Crippen molar-refractivity contribution in [3.63, 3.8) is 0 Å². The van der Waals surface area contributed by atoms with Crippen molar-refractivity contribution in [2.45, 2.75) is 20.3 Å². The molecule has 0 aromatic carbocycles. The highest BCUT2D eigenvalue weighted by Gasteiger charge is 2.04. The van der Waals surface area contributed by atoms with Gasteiger partial charge in [0.2, 0.25) is 6.08 Å². The van der Waals surface area contributed by atoms with Crippen molar-refractivity contribution in [2.75, 3.05) is 21.3 Å². The van der Waals surface area contributed by atoms with Crippen molar-refractivity contribution in [3.05, 3.63) is 0 Å². The summed E-state index contributed by atoms with van der Waals surface area (Å²) in [5.74, 6) is 0. The zero-order chi connectivity index (χ0) is 11.1. The molecule has 0 heterocycles. The number of rotatable bonds is 3. The fourth-order valence-corrected chi connectivity index (χ4v) is 0.866. The lowest BCUT2D eigenvalue weighted by molar-refractivity contribution is 0.163. The Morgan fingerprint density at radius 2 is 1.31 bits per heavy atom. The van der Waals surface area contributed by atoms with E-state index in [4.69, 9.17) is 23.5 Å². The predicted molar refractivity (Wildman–Crippen MR) is 52.6 cm³/mol. The van der Waals surface area contributed by atoms with Crippen molar-refractivity contribution in [3.8, 4) is 0 Å². The average Bonchev–Trinajstić information content (AvgIpc) is 2.10. The van der Waals surface area contributed by atoms with E-state index >= 15 is 0 Å². The quantitative estimate of drug-likeness (QED) is 0.427. The summed E-state index contributed by atoms with van der Waals surface area (Å²) < 4.78 is 14.2. The van der Waals surface area contributed by atoms with E-state index in [1.165, 1.54) is 6.42 Å². The molecule has 0 aromatic heterocycles. The first-order valence-electron chi connectivity index (χ1n) is 3.80. The van der Waals surface area contributed by atoms with Gasteiger partial charge in [0, 0.05) is 21.3 Å². The molecule has 80 valence electrons. The summed E-state index contributed by atoms with van der Waals surface area (Å²) in [5.41, 5.74) is 0. The van der Waals surface area contributed by atoms with Crippen LogP contribution in [0.2, 0.25) is 0 Å². The molecule has 0 spiro atoms. The SMILES string of the molecule is CCC.CO[SiH](OC)OC.N=C=O. The Balaban J connectivity index is -0.000000140. The summed E-state index contributed by atoms with van der Waals surface area (Å²) in [7, 11) is 3.05. The highest BCUT2D eigenvalue weighted by Crippen LogP contribution is 1.81. The van der Waals surface area contributed by atoms with Gasteiger partial charge in [0.1, 0.15) is 0 Å². The monoisotopic (exact) mass is 209 g/mol. The minimum atomic E-state index is -1.67. The molecule has 13 heavy (non-hydrogen) atoms. The highest BCUT2D eigenvalue weighted by atomic mass is 28.3. The molecule has 0 saturated carbocycles. The molecule has 5 nitrogen and oxygen atoms in total. The van der Waals surface area contributed by atoms with Crippen LogP contribution in [0.25, 0.3) is 0 Å². The summed E-state index contributed by atoms with van der Waals surface area (Å²) in [6.45, 7) is 4.25. The van der Waals surface area contributed by atoms with Gasteiger partial charge in [-0.05, 0) is 0 Å². The van der Waals surface area contributed by atoms with Crippen LogP contribution in [0.5, 0.6) is 0 Å². The van der Waals surface area contributed by atoms with Crippen LogP contribution in [0, 0.1) is 5.41 Å². The molecule has 6 heteroatoms. The summed E-state index contributed by atoms with van der Waals surface area (Å²) in [6, 6.07) is 0. The largest absolute Gasteiger partial charge is 0.483 e. The van der Waals surface area contributed by atoms with Crippen LogP contribution >= 0.6 is 0 Å². The van der Waals surface area contributed by atoms with Gasteiger partial charge >= 0.3 is 9.53 Å². The number of carbonyl (C=O) groups excluding carboxylic acids is 1. The lowest BCUT2D eigenvalue weighted by Crippen LogP contribution is -2.21. The Bertz CT molecular complexity index is 97.2. The molecule has 0 aliphatic heterocycles. The van der Waals surface area contributed by atoms with Gasteiger partial charge in [-0.25, -0.2) is 10.2 Å². The second-order valence-corrected chi connectivity index (χ2v) is 3.80. The fraction of sp³-hybridized carbons (Fsp3) is 0.857. The van der Waals surface area contributed by atoms with Crippen LogP contribution in [0.4, 0.5) is 0 Å². The number of hydrogen-bond acceptors (Lipinski definition) is 5. The molecule has 1 N–H and O–H groups in total. The molecule has 0 fully saturated rings. The molecular formula is C7H19NO4Si. The van der Waals surface area contributed by atoms with Crippen molar-refractivity contribution in [2.24, 2.45) is 0 Å². The van der Waals surface area contributed by atoms with Gasteiger partial charge < -0.3 is 13.3 Å². The molecule has 0 aromatic rings. The topological polar surface area (TPSA) is 68.6 Å². The Hall–Kier alpha value is -0.523. The van der Waals surface area contributed by atoms with Crippen LogP contribution < -0.4 is 0 Å². The maximum absolute atomic E-state index is 8.35. The van der Waals surface area contributed by atoms with E-state index < -0.39 is 9.53 Å². The fourth-order valence-electron chi connectivity index (χ4n) is 0.289. The first kappa shape index (κ1) is 18.3. The minimum Gasteiger partial charge on any atom is -0.379 e. The van der Waals surface area contributed by atoms with Crippen molar-refractivity contribution < 1.29 is 18.1 Å². The number of hydrogen-bond donors (Lipinski definition) is 1. The van der Waals surface area contributed by atoms with Gasteiger partial charge in [-0.3, -0.25) is 0 Å². The van der Waals surface area contributed by atoms with E-state index in [9.17, 15) is 0 Å². The summed E-state index contributed by atoms with van der Waals surface area (Å²) in [5, 5.41) is 5.40. The Labute approximate surface area is 81.5 Å². The van der Waals surface area contributed by atoms with E-state index in [0.29, 0.717) is 0 Å². The molecule has 0 aliphatic carbocycles. The molecule has 0 amide bonds. The molecule has 0 unspecified atom stereocenters. The normalized spacial score (nSPS) is 7.54. The Kier molecular flexibility index (Phi) is 31.7. The second-order valence-electron chi connectivity index (χ2n) is 1.80. The maximum Gasteiger partial charge on any atom is 0.483 e. The van der Waals surface area contributed by atoms with Gasteiger partial charge in [-0.1, -0.05) is 20.3 Å². The lowest BCUT2D eigenvalue weighted by atomic mass is 10.6. The summed E-state index contributed by atoms with van der Waals surface area (Å²) >= 11 is 0. The first-order chi connectivity index (χ1) is 6.17. The van der Waals surface area contributed by atoms with Crippen molar-refractivity contribution in [1.82, 2.24) is 0 Å². The van der Waals surface area contributed by atoms with Gasteiger partial charge in [-0.15, -0.1) is 0 Å². The predicted octanol–water partition coefficient (Wildman–Crippen LogP) is 0.960. The van der Waals surface area contributed by atoms with Crippen LogP contribution in [0.3, 0.4) is 0 Å². The maximum atomic E-state index is 8.35. The molecule has 0 saturated heterocycles. The third-order valence-electron chi connectivity index (χ3n) is 0.577. The summed E-state index contributed by atoms with van der Waals surface area (Å²) in [6.07, 6.45) is 2.00. The van der Waals surface area contributed by atoms with Crippen LogP contribution in [0.15, 0.2) is 0 Å². The zero-order valence-corrected chi connectivity index (χ0v) is 10.1. The standard InChI is InChI=1S/C3H10O3Si.C3H8.CHNO/c1-4-7(5-2)6-3;1-3-2;2-1-3/h7H,1-3H3;3H2,1-2H3;2H. The Morgan fingerprint density at radius 3 is 1.31 bits per heavy atom. The van der Waals surface area contributed by atoms with Crippen LogP contribution in [-0.4, -0.2) is 36.9 Å². The van der Waals surface area contributed by atoms with E-state index in [0.717, 1.165) is 6.08 Å². The molecule has 0 aliphatic rings. The molecule has 0 radical (unpaired) electrons. The van der Waals surface area contributed by atoms with Gasteiger partial charge in [0.25, 0.3) is 0 Å². The molecule has 0 rings (SSSR count). The smallest absolute Gasteiger partial charge is 0.379 e. The molecule has 0 atom stereocenters. The zero-order valence-electron chi connectivity index (χ0n) is 8.92. The van der Waals surface area contributed by atoms with Crippen LogP contribution in [-0.2, 0) is 18.1 Å². The van der Waals surface area contributed by atoms with Gasteiger partial charge in [0.15, 0.2) is 0 Å². The highest BCUT2D eigenvalue weighted by molar-refractivity contribution is 6.36. The third kappa shape index (κ3) is 34.4. The average molecular weight is 209 g/mol. The van der Waals surface area contributed by atoms with Crippen molar-refractivity contribution in [1.29, 1.82) is 5.41 Å². The first-order valence-corrected chi connectivity index (χ1v) is 5.21. The van der Waals surface area contributed by atoms with E-state index in [1.807, 2.05) is 0 Å². The summed E-state index contributed by atoms with van der Waals surface area (Å²) in [4.78, 5) is 8.35. The van der Waals surface area contributed by atoms with E-state index in [1.54, 1.807) is 21.3 Å². The Morgan fingerprint density at radius 1 is 1.15 bits per heavy atom. The minimum absolute atomic E-state index is 0.750. The van der Waals surface area contributed by atoms with Crippen molar-refractivity contribution >= 4 is 15.6 Å². The molecule has 0 bridgehead atoms. The van der Waals surface area contributed by atoms with E-state index in [2.05, 4.69) is 13.8 Å².